The Kier molecular flexibility index (Phi) is 5.09. The summed E-state index contributed by atoms with van der Waals surface area (Å²) >= 11 is 0. The second-order valence-corrected chi connectivity index (χ2v) is 15.3. The molecule has 2 nitrogen and oxygen atoms in total. The van der Waals surface area contributed by atoms with E-state index in [0.717, 1.165) is 0 Å². The second kappa shape index (κ2) is 4.88. The van der Waals surface area contributed by atoms with E-state index in [1.54, 1.807) is 0 Å². The zero-order valence-corrected chi connectivity index (χ0v) is 13.2. The SMILES string of the molecule is [CH2][SiH2]C(O[Si](C)(C)C)O[Si](C)(C)C. The average Bonchev–Trinajstić information content (AvgIpc) is 1.79. The van der Waals surface area contributed by atoms with Crippen LogP contribution in [0.4, 0.5) is 0 Å². The molecule has 0 amide bonds. The first kappa shape index (κ1) is 13.6. The van der Waals surface area contributed by atoms with E-state index >= 15 is 0 Å². The molecule has 13 heavy (non-hydrogen) atoms. The molecule has 0 atom stereocenters. The summed E-state index contributed by atoms with van der Waals surface area (Å²) in [4.78, 5) is 0. The Morgan fingerprint density at radius 3 is 1.38 bits per heavy atom. The van der Waals surface area contributed by atoms with E-state index in [2.05, 4.69) is 45.8 Å². The Bertz CT molecular complexity index is 132. The van der Waals surface area contributed by atoms with E-state index in [-0.39, 0.29) is 5.91 Å². The molecule has 0 saturated heterocycles. The lowest BCUT2D eigenvalue weighted by Gasteiger charge is -2.30. The fourth-order valence-electron chi connectivity index (χ4n) is 0.931. The van der Waals surface area contributed by atoms with Gasteiger partial charge in [-0.3, -0.25) is 0 Å². The summed E-state index contributed by atoms with van der Waals surface area (Å²) < 4.78 is 11.8. The van der Waals surface area contributed by atoms with E-state index in [1.807, 2.05) is 0 Å². The van der Waals surface area contributed by atoms with Crippen LogP contribution in [0.2, 0.25) is 39.3 Å². The smallest absolute Gasteiger partial charge is 0.186 e. The van der Waals surface area contributed by atoms with Crippen molar-refractivity contribution in [3.05, 3.63) is 6.55 Å². The van der Waals surface area contributed by atoms with E-state index in [9.17, 15) is 0 Å². The molecule has 0 spiro atoms. The van der Waals surface area contributed by atoms with Crippen LogP contribution >= 0.6 is 0 Å². The van der Waals surface area contributed by atoms with Crippen LogP contribution in [0, 0.1) is 6.55 Å². The molecule has 0 aliphatic carbocycles. The summed E-state index contributed by atoms with van der Waals surface area (Å²) in [5, 5.41) is 0. The number of rotatable bonds is 5. The van der Waals surface area contributed by atoms with E-state index in [4.69, 9.17) is 8.85 Å². The lowest BCUT2D eigenvalue weighted by molar-refractivity contribution is 0.0617. The number of hydrogen-bond donors (Lipinski definition) is 0. The summed E-state index contributed by atoms with van der Waals surface area (Å²) in [7, 11) is -3.35. The Morgan fingerprint density at radius 1 is 0.923 bits per heavy atom. The van der Waals surface area contributed by atoms with Gasteiger partial charge in [0.2, 0.25) is 0 Å². The normalized spacial score (nSPS) is 14.8. The molecular formula is C8H23O2Si3. The molecule has 0 N–H and O–H groups in total. The van der Waals surface area contributed by atoms with Crippen LogP contribution in [0.15, 0.2) is 0 Å². The number of hydrogen-bond acceptors (Lipinski definition) is 2. The first-order valence-electron chi connectivity index (χ1n) is 4.79. The van der Waals surface area contributed by atoms with Crippen molar-refractivity contribution in [2.24, 2.45) is 0 Å². The Morgan fingerprint density at radius 2 is 1.23 bits per heavy atom. The molecule has 0 aliphatic rings. The van der Waals surface area contributed by atoms with Crippen LogP contribution in [-0.4, -0.2) is 32.1 Å². The maximum atomic E-state index is 5.91. The van der Waals surface area contributed by atoms with Crippen molar-refractivity contribution in [1.29, 1.82) is 0 Å². The molecule has 0 bridgehead atoms. The van der Waals surface area contributed by atoms with Gasteiger partial charge in [0.05, 0.1) is 9.52 Å². The Labute approximate surface area is 87.1 Å². The molecular weight excluding hydrogens is 212 g/mol. The van der Waals surface area contributed by atoms with Gasteiger partial charge in [0.25, 0.3) is 0 Å². The van der Waals surface area contributed by atoms with Crippen molar-refractivity contribution in [3.63, 3.8) is 0 Å². The van der Waals surface area contributed by atoms with Crippen molar-refractivity contribution in [3.8, 4) is 0 Å². The van der Waals surface area contributed by atoms with Crippen molar-refractivity contribution in [2.75, 3.05) is 0 Å². The highest BCUT2D eigenvalue weighted by atomic mass is 28.4. The lowest BCUT2D eigenvalue weighted by Crippen LogP contribution is -2.42. The van der Waals surface area contributed by atoms with Gasteiger partial charge in [-0.25, -0.2) is 0 Å². The molecule has 0 aromatic carbocycles. The van der Waals surface area contributed by atoms with Crippen molar-refractivity contribution in [2.45, 2.75) is 45.2 Å². The third-order valence-electron chi connectivity index (χ3n) is 1.21. The van der Waals surface area contributed by atoms with Crippen molar-refractivity contribution in [1.82, 2.24) is 0 Å². The highest BCUT2D eigenvalue weighted by Gasteiger charge is 2.25. The van der Waals surface area contributed by atoms with Gasteiger partial charge in [-0.1, -0.05) is 6.55 Å². The first-order valence-corrected chi connectivity index (χ1v) is 13.4. The van der Waals surface area contributed by atoms with Gasteiger partial charge in [0, 0.05) is 0 Å². The topological polar surface area (TPSA) is 18.5 Å². The maximum absolute atomic E-state index is 5.91. The molecule has 0 aliphatic heterocycles. The molecule has 0 unspecified atom stereocenters. The standard InChI is InChI=1S/C8H23O2Si3/c1-11-8(9-12(2,3)4)10-13(5,6)7/h8H,1,11H2,2-7H3. The molecule has 1 radical (unpaired) electrons. The molecule has 0 aromatic rings. The van der Waals surface area contributed by atoms with Crippen LogP contribution < -0.4 is 0 Å². The molecule has 0 aromatic heterocycles. The third-order valence-corrected chi connectivity index (χ3v) is 4.62. The summed E-state index contributed by atoms with van der Waals surface area (Å²) in [6, 6.07) is 0. The van der Waals surface area contributed by atoms with Crippen LogP contribution in [0.25, 0.3) is 0 Å². The molecule has 0 fully saturated rings. The van der Waals surface area contributed by atoms with Crippen molar-refractivity contribution >= 4 is 26.2 Å². The Balaban J connectivity index is 4.05. The van der Waals surface area contributed by atoms with Gasteiger partial charge in [-0.05, 0) is 39.3 Å². The highest BCUT2D eigenvalue weighted by Crippen LogP contribution is 2.12. The zero-order chi connectivity index (χ0) is 10.7. The molecule has 79 valence electrons. The quantitative estimate of drug-likeness (QED) is 0.536. The predicted octanol–water partition coefficient (Wildman–Crippen LogP) is 1.93. The summed E-state index contributed by atoms with van der Waals surface area (Å²) in [6.07, 6.45) is 0. The second-order valence-electron chi connectivity index (χ2n) is 5.18. The fraction of sp³-hybridized carbons (Fsp3) is 0.875. The maximum Gasteiger partial charge on any atom is 0.186 e. The lowest BCUT2D eigenvalue weighted by atomic mass is 11.5. The summed E-state index contributed by atoms with van der Waals surface area (Å²) in [5.41, 5.74) is 0. The molecule has 5 heteroatoms. The van der Waals surface area contributed by atoms with E-state index in [0.29, 0.717) is 0 Å². The van der Waals surface area contributed by atoms with Gasteiger partial charge >= 0.3 is 0 Å². The van der Waals surface area contributed by atoms with Crippen molar-refractivity contribution < 1.29 is 8.85 Å². The first-order chi connectivity index (χ1) is 5.64. The van der Waals surface area contributed by atoms with Crippen LogP contribution in [0.1, 0.15) is 0 Å². The largest absolute Gasteiger partial charge is 0.398 e. The zero-order valence-electron chi connectivity index (χ0n) is 9.81. The van der Waals surface area contributed by atoms with Crippen LogP contribution in [-0.2, 0) is 8.85 Å². The fourth-order valence-corrected chi connectivity index (χ4v) is 6.64. The third kappa shape index (κ3) is 8.89. The Hall–Kier alpha value is 0.571. The van der Waals surface area contributed by atoms with Gasteiger partial charge in [-0.2, -0.15) is 0 Å². The molecule has 0 saturated carbocycles. The average molecular weight is 236 g/mol. The highest BCUT2D eigenvalue weighted by molar-refractivity contribution is 6.71. The van der Waals surface area contributed by atoms with Gasteiger partial charge in [0.15, 0.2) is 16.6 Å². The summed E-state index contributed by atoms with van der Waals surface area (Å²) in [6.45, 7) is 17.1. The van der Waals surface area contributed by atoms with E-state index < -0.39 is 26.2 Å². The van der Waals surface area contributed by atoms with Crippen LogP contribution in [0.5, 0.6) is 0 Å². The summed E-state index contributed by atoms with van der Waals surface area (Å²) in [5.74, 6) is 0.0540. The molecule has 0 rings (SSSR count). The predicted molar refractivity (Wildman–Crippen MR) is 66.6 cm³/mol. The minimum Gasteiger partial charge on any atom is -0.398 e. The monoisotopic (exact) mass is 235 g/mol. The van der Waals surface area contributed by atoms with Crippen LogP contribution in [0.3, 0.4) is 0 Å². The van der Waals surface area contributed by atoms with Gasteiger partial charge in [0.1, 0.15) is 5.91 Å². The molecule has 0 heterocycles. The minimum absolute atomic E-state index is 0.0540. The minimum atomic E-state index is -1.45. The van der Waals surface area contributed by atoms with Gasteiger partial charge < -0.3 is 8.85 Å². The van der Waals surface area contributed by atoms with E-state index in [1.165, 1.54) is 0 Å². The van der Waals surface area contributed by atoms with Gasteiger partial charge in [-0.15, -0.1) is 0 Å².